The number of hydrogen-bond acceptors (Lipinski definition) is 2. The van der Waals surface area contributed by atoms with Gasteiger partial charge in [-0.25, -0.2) is 0 Å². The van der Waals surface area contributed by atoms with Crippen molar-refractivity contribution < 1.29 is 13.2 Å². The van der Waals surface area contributed by atoms with Crippen molar-refractivity contribution in [3.05, 3.63) is 58.1 Å². The molecule has 0 aliphatic carbocycles. The molecular weight excluding hydrogens is 330 g/mol. The first-order chi connectivity index (χ1) is 9.36. The van der Waals surface area contributed by atoms with E-state index in [4.69, 9.17) is 23.2 Å². The van der Waals surface area contributed by atoms with Crippen LogP contribution in [0, 0.1) is 0 Å². The van der Waals surface area contributed by atoms with Gasteiger partial charge in [-0.05, 0) is 54.4 Å². The Morgan fingerprint density at radius 3 is 2.20 bits per heavy atom. The number of hydrogen-bond donors (Lipinski definition) is 1. The molecule has 0 radical (unpaired) electrons. The van der Waals surface area contributed by atoms with Crippen molar-refractivity contribution in [3.63, 3.8) is 0 Å². The Bertz CT molecular complexity index is 600. The maximum atomic E-state index is 12.6. The molecule has 0 aliphatic rings. The largest absolute Gasteiger partial charge is 0.416 e. The molecule has 7 heteroatoms. The molecular formula is C13H8Cl2F3NS. The molecule has 0 atom stereocenters. The average Bonchev–Trinajstić information content (AvgIpc) is 2.38. The molecule has 0 amide bonds. The lowest BCUT2D eigenvalue weighted by atomic mass is 10.2. The van der Waals surface area contributed by atoms with Gasteiger partial charge in [-0.1, -0.05) is 23.2 Å². The molecule has 106 valence electrons. The summed E-state index contributed by atoms with van der Waals surface area (Å²) in [4.78, 5) is 0.808. The predicted octanol–water partition coefficient (Wildman–Crippen LogP) is 6.13. The van der Waals surface area contributed by atoms with Crippen LogP contribution in [0.3, 0.4) is 0 Å². The lowest BCUT2D eigenvalue weighted by Crippen LogP contribution is -2.05. The van der Waals surface area contributed by atoms with Crippen molar-refractivity contribution in [1.82, 2.24) is 0 Å². The fourth-order valence-corrected chi connectivity index (χ4v) is 2.41. The van der Waals surface area contributed by atoms with Crippen LogP contribution in [0.1, 0.15) is 5.56 Å². The van der Waals surface area contributed by atoms with E-state index in [2.05, 4.69) is 4.72 Å². The molecule has 2 rings (SSSR count). The Morgan fingerprint density at radius 1 is 0.950 bits per heavy atom. The minimum absolute atomic E-state index is 0.210. The van der Waals surface area contributed by atoms with Crippen molar-refractivity contribution in [2.75, 3.05) is 4.72 Å². The average molecular weight is 338 g/mol. The molecule has 0 aromatic heterocycles. The van der Waals surface area contributed by atoms with Crippen molar-refractivity contribution in [1.29, 1.82) is 0 Å². The number of nitrogens with one attached hydrogen (secondary N) is 1. The summed E-state index contributed by atoms with van der Waals surface area (Å²) >= 11 is 12.8. The first kappa shape index (κ1) is 15.4. The van der Waals surface area contributed by atoms with Crippen LogP contribution >= 0.6 is 35.1 Å². The van der Waals surface area contributed by atoms with Crippen LogP contribution in [0.5, 0.6) is 0 Å². The van der Waals surface area contributed by atoms with E-state index in [1.807, 2.05) is 0 Å². The van der Waals surface area contributed by atoms with Crippen LogP contribution in [-0.4, -0.2) is 0 Å². The highest BCUT2D eigenvalue weighted by molar-refractivity contribution is 8.00. The van der Waals surface area contributed by atoms with Crippen molar-refractivity contribution >= 4 is 40.8 Å². The maximum Gasteiger partial charge on any atom is 0.416 e. The second-order valence-corrected chi connectivity index (χ2v) is 5.57. The molecule has 0 aliphatic heterocycles. The summed E-state index contributed by atoms with van der Waals surface area (Å²) in [6.45, 7) is 0. The van der Waals surface area contributed by atoms with E-state index in [0.717, 1.165) is 29.0 Å². The summed E-state index contributed by atoms with van der Waals surface area (Å²) in [7, 11) is 0. The van der Waals surface area contributed by atoms with E-state index < -0.39 is 11.7 Å². The highest BCUT2D eigenvalue weighted by Gasteiger charge is 2.30. The Kier molecular flexibility index (Phi) is 4.73. The van der Waals surface area contributed by atoms with Crippen LogP contribution in [0.25, 0.3) is 0 Å². The third kappa shape index (κ3) is 3.98. The highest BCUT2D eigenvalue weighted by atomic mass is 35.5. The van der Waals surface area contributed by atoms with E-state index in [1.54, 1.807) is 24.3 Å². The van der Waals surface area contributed by atoms with Crippen molar-refractivity contribution in [3.8, 4) is 0 Å². The Morgan fingerprint density at radius 2 is 1.60 bits per heavy atom. The van der Waals surface area contributed by atoms with Gasteiger partial charge in [-0.2, -0.15) is 13.2 Å². The molecule has 1 nitrogen and oxygen atoms in total. The topological polar surface area (TPSA) is 12.0 Å². The zero-order chi connectivity index (χ0) is 14.8. The number of benzene rings is 2. The normalized spacial score (nSPS) is 11.4. The molecule has 0 heterocycles. The highest BCUT2D eigenvalue weighted by Crippen LogP contribution is 2.35. The number of anilines is 1. The first-order valence-electron chi connectivity index (χ1n) is 5.41. The second-order valence-electron chi connectivity index (χ2n) is 3.85. The van der Waals surface area contributed by atoms with Crippen LogP contribution in [0.2, 0.25) is 10.0 Å². The van der Waals surface area contributed by atoms with E-state index >= 15 is 0 Å². The molecule has 2 aromatic carbocycles. The van der Waals surface area contributed by atoms with Gasteiger partial charge >= 0.3 is 6.18 Å². The molecule has 0 bridgehead atoms. The van der Waals surface area contributed by atoms with Gasteiger partial charge in [0.1, 0.15) is 0 Å². The minimum atomic E-state index is -4.40. The Hall–Kier alpha value is -1.04. The van der Waals surface area contributed by atoms with Crippen LogP contribution in [0.4, 0.5) is 18.9 Å². The number of rotatable bonds is 3. The quantitative estimate of drug-likeness (QED) is 0.676. The van der Waals surface area contributed by atoms with Gasteiger partial charge in [0.25, 0.3) is 0 Å². The molecule has 0 spiro atoms. The van der Waals surface area contributed by atoms with Crippen molar-refractivity contribution in [2.24, 2.45) is 0 Å². The van der Waals surface area contributed by atoms with Gasteiger partial charge in [-0.15, -0.1) is 0 Å². The summed E-state index contributed by atoms with van der Waals surface area (Å²) in [6, 6.07) is 10.0. The standard InChI is InChI=1S/C13H8Cl2F3NS/c14-9-2-4-10(5-3-9)20-19-12-7-8(13(16,17)18)1-6-11(12)15/h1-7,19H. The SMILES string of the molecule is FC(F)(F)c1ccc(Cl)c(NSc2ccc(Cl)cc2)c1. The second kappa shape index (κ2) is 6.16. The summed E-state index contributed by atoms with van der Waals surface area (Å²) < 4.78 is 40.6. The molecule has 0 fully saturated rings. The Labute approximate surface area is 128 Å². The van der Waals surface area contributed by atoms with E-state index in [-0.39, 0.29) is 10.7 Å². The molecule has 1 N–H and O–H groups in total. The smallest absolute Gasteiger partial charge is 0.324 e. The third-order valence-corrected chi connectivity index (χ3v) is 3.80. The van der Waals surface area contributed by atoms with E-state index in [0.29, 0.717) is 5.02 Å². The predicted molar refractivity (Wildman–Crippen MR) is 77.4 cm³/mol. The molecule has 0 saturated heterocycles. The number of alkyl halides is 3. The van der Waals surface area contributed by atoms with Crippen molar-refractivity contribution in [2.45, 2.75) is 11.1 Å². The summed E-state index contributed by atoms with van der Waals surface area (Å²) in [5.41, 5.74) is -0.539. The fourth-order valence-electron chi connectivity index (χ4n) is 1.40. The first-order valence-corrected chi connectivity index (χ1v) is 6.98. The minimum Gasteiger partial charge on any atom is -0.324 e. The molecule has 2 aromatic rings. The molecule has 20 heavy (non-hydrogen) atoms. The summed E-state index contributed by atoms with van der Waals surface area (Å²) in [5.74, 6) is 0. The third-order valence-electron chi connectivity index (χ3n) is 2.39. The van der Waals surface area contributed by atoms with Gasteiger partial charge in [-0.3, -0.25) is 0 Å². The molecule has 0 unspecified atom stereocenters. The van der Waals surface area contributed by atoms with Gasteiger partial charge in [0, 0.05) is 9.92 Å². The van der Waals surface area contributed by atoms with Crippen LogP contribution in [0.15, 0.2) is 47.4 Å². The lowest BCUT2D eigenvalue weighted by molar-refractivity contribution is -0.137. The van der Waals surface area contributed by atoms with Gasteiger partial charge in [0.05, 0.1) is 16.3 Å². The summed E-state index contributed by atoms with van der Waals surface area (Å²) in [5, 5.41) is 0.811. The van der Waals surface area contributed by atoms with Crippen LogP contribution in [-0.2, 0) is 6.18 Å². The monoisotopic (exact) mass is 337 g/mol. The van der Waals surface area contributed by atoms with Gasteiger partial charge in [0.2, 0.25) is 0 Å². The van der Waals surface area contributed by atoms with Gasteiger partial charge in [0.15, 0.2) is 0 Å². The summed E-state index contributed by atoms with van der Waals surface area (Å²) in [6.07, 6.45) is -4.40. The van der Waals surface area contributed by atoms with Gasteiger partial charge < -0.3 is 4.72 Å². The number of halogens is 5. The lowest BCUT2D eigenvalue weighted by Gasteiger charge is -2.11. The maximum absolute atomic E-state index is 12.6. The zero-order valence-electron chi connectivity index (χ0n) is 9.84. The van der Waals surface area contributed by atoms with E-state index in [9.17, 15) is 13.2 Å². The molecule has 0 saturated carbocycles. The van der Waals surface area contributed by atoms with Crippen LogP contribution < -0.4 is 4.72 Å². The van der Waals surface area contributed by atoms with E-state index in [1.165, 1.54) is 6.07 Å². The zero-order valence-corrected chi connectivity index (χ0v) is 12.2. The fraction of sp³-hybridized carbons (Fsp3) is 0.0769. The Balaban J connectivity index is 2.14.